The fourth-order valence-corrected chi connectivity index (χ4v) is 2.46. The first-order valence-corrected chi connectivity index (χ1v) is 8.26. The van der Waals surface area contributed by atoms with Gasteiger partial charge in [-0.1, -0.05) is 0 Å². The molecule has 0 bridgehead atoms. The molecule has 1 aliphatic heterocycles. The van der Waals surface area contributed by atoms with Gasteiger partial charge in [0.1, 0.15) is 23.2 Å². The monoisotopic (exact) mass is 365 g/mol. The summed E-state index contributed by atoms with van der Waals surface area (Å²) >= 11 is 0. The molecule has 26 heavy (non-hydrogen) atoms. The van der Waals surface area contributed by atoms with Gasteiger partial charge in [-0.05, 0) is 32.9 Å². The number of hydrogen-bond donors (Lipinski definition) is 1. The van der Waals surface area contributed by atoms with Crippen LogP contribution in [0.5, 0.6) is 11.5 Å². The topological polar surface area (TPSA) is 102 Å². The van der Waals surface area contributed by atoms with Crippen LogP contribution in [0.25, 0.3) is 0 Å². The van der Waals surface area contributed by atoms with Crippen LogP contribution in [0.4, 0.5) is 4.79 Å². The molecule has 1 amide bonds. The van der Waals surface area contributed by atoms with Crippen LogP contribution in [-0.4, -0.2) is 59.8 Å². The van der Waals surface area contributed by atoms with Crippen molar-refractivity contribution in [1.82, 2.24) is 4.90 Å². The molecule has 2 rings (SSSR count). The fourth-order valence-electron chi connectivity index (χ4n) is 2.46. The van der Waals surface area contributed by atoms with Crippen LogP contribution in [0.2, 0.25) is 0 Å². The predicted octanol–water partition coefficient (Wildman–Crippen LogP) is 2.35. The highest BCUT2D eigenvalue weighted by Crippen LogP contribution is 2.26. The lowest BCUT2D eigenvalue weighted by Crippen LogP contribution is -2.36. The second-order valence-electron chi connectivity index (χ2n) is 6.95. The average molecular weight is 365 g/mol. The van der Waals surface area contributed by atoms with Gasteiger partial charge in [0, 0.05) is 19.0 Å². The van der Waals surface area contributed by atoms with E-state index in [0.717, 1.165) is 0 Å². The van der Waals surface area contributed by atoms with Gasteiger partial charge in [-0.15, -0.1) is 0 Å². The molecular formula is C18H23NO7. The Morgan fingerprint density at radius 3 is 2.69 bits per heavy atom. The van der Waals surface area contributed by atoms with E-state index in [1.54, 1.807) is 11.0 Å². The summed E-state index contributed by atoms with van der Waals surface area (Å²) in [5, 5.41) is 8.71. The van der Waals surface area contributed by atoms with Gasteiger partial charge in [0.25, 0.3) is 0 Å². The van der Waals surface area contributed by atoms with Gasteiger partial charge in [0.05, 0.1) is 12.1 Å². The van der Waals surface area contributed by atoms with Crippen LogP contribution in [-0.2, 0) is 9.53 Å². The Balaban J connectivity index is 1.98. The minimum atomic E-state index is -1.14. The average Bonchev–Trinajstić information content (AvgIpc) is 3.00. The second-order valence-corrected chi connectivity index (χ2v) is 6.95. The van der Waals surface area contributed by atoms with E-state index in [1.807, 2.05) is 20.8 Å². The number of hydrogen-bond acceptors (Lipinski definition) is 6. The van der Waals surface area contributed by atoms with Crippen molar-refractivity contribution in [3.05, 3.63) is 23.8 Å². The maximum Gasteiger partial charge on any atom is 0.410 e. The molecule has 1 aliphatic rings. The number of aldehydes is 1. The molecule has 8 heteroatoms. The van der Waals surface area contributed by atoms with E-state index in [0.29, 0.717) is 31.5 Å². The van der Waals surface area contributed by atoms with Crippen LogP contribution in [0.15, 0.2) is 18.2 Å². The molecule has 1 fully saturated rings. The highest BCUT2D eigenvalue weighted by molar-refractivity contribution is 5.80. The predicted molar refractivity (Wildman–Crippen MR) is 91.8 cm³/mol. The number of likely N-dealkylation sites (tertiary alicyclic amines) is 1. The molecule has 0 unspecified atom stereocenters. The molecule has 8 nitrogen and oxygen atoms in total. The maximum atomic E-state index is 12.1. The molecule has 1 heterocycles. The third-order valence-electron chi connectivity index (χ3n) is 3.56. The molecule has 0 radical (unpaired) electrons. The van der Waals surface area contributed by atoms with Crippen molar-refractivity contribution in [3.8, 4) is 11.5 Å². The molecule has 0 spiro atoms. The number of amides is 1. The smallest absolute Gasteiger partial charge is 0.410 e. The van der Waals surface area contributed by atoms with E-state index in [9.17, 15) is 14.4 Å². The first kappa shape index (κ1) is 19.6. The second kappa shape index (κ2) is 8.07. The molecule has 1 aromatic rings. The number of carbonyl (C=O) groups excluding carboxylic acids is 2. The number of carbonyl (C=O) groups is 3. The molecule has 142 valence electrons. The Bertz CT molecular complexity index is 681. The fraction of sp³-hybridized carbons (Fsp3) is 0.500. The Hall–Kier alpha value is -2.77. The van der Waals surface area contributed by atoms with Crippen LogP contribution in [0.1, 0.15) is 37.6 Å². The minimum Gasteiger partial charge on any atom is -0.488 e. The summed E-state index contributed by atoms with van der Waals surface area (Å²) in [5.41, 5.74) is -0.322. The number of rotatable bonds is 6. The van der Waals surface area contributed by atoms with Gasteiger partial charge >= 0.3 is 12.1 Å². The van der Waals surface area contributed by atoms with Crippen molar-refractivity contribution in [2.75, 3.05) is 19.7 Å². The van der Waals surface area contributed by atoms with Crippen LogP contribution >= 0.6 is 0 Å². The number of aliphatic carboxylic acids is 1. The lowest BCUT2D eigenvalue weighted by Gasteiger charge is -2.24. The van der Waals surface area contributed by atoms with E-state index < -0.39 is 18.2 Å². The highest BCUT2D eigenvalue weighted by Gasteiger charge is 2.31. The molecule has 1 saturated heterocycles. The summed E-state index contributed by atoms with van der Waals surface area (Å²) < 4.78 is 16.3. The lowest BCUT2D eigenvalue weighted by atomic mass is 10.2. The third kappa shape index (κ3) is 5.65. The lowest BCUT2D eigenvalue weighted by molar-refractivity contribution is -0.139. The van der Waals surface area contributed by atoms with Crippen molar-refractivity contribution in [1.29, 1.82) is 0 Å². The number of carboxylic acids is 1. The number of nitrogens with zero attached hydrogens (tertiary/aromatic N) is 1. The Kier molecular flexibility index (Phi) is 6.07. The summed E-state index contributed by atoms with van der Waals surface area (Å²) in [4.78, 5) is 35.3. The number of ether oxygens (including phenoxy) is 3. The third-order valence-corrected chi connectivity index (χ3v) is 3.56. The van der Waals surface area contributed by atoms with Gasteiger partial charge < -0.3 is 24.2 Å². The summed E-state index contributed by atoms with van der Waals surface area (Å²) in [7, 11) is 0. The van der Waals surface area contributed by atoms with E-state index in [1.165, 1.54) is 12.1 Å². The largest absolute Gasteiger partial charge is 0.488 e. The molecular weight excluding hydrogens is 342 g/mol. The van der Waals surface area contributed by atoms with Gasteiger partial charge in [-0.2, -0.15) is 0 Å². The number of carboxylic acid groups (broad SMARTS) is 1. The standard InChI is InChI=1S/C18H23NO7/c1-18(2,3)26-17(23)19-7-6-14(9-19)25-13-5-4-12(10-20)15(8-13)24-11-16(21)22/h4-5,8,10,14H,6-7,9,11H2,1-3H3,(H,21,22)/t14-/m0/s1. The van der Waals surface area contributed by atoms with Gasteiger partial charge in [-0.25, -0.2) is 9.59 Å². The van der Waals surface area contributed by atoms with E-state index in [-0.39, 0.29) is 23.5 Å². The highest BCUT2D eigenvalue weighted by atomic mass is 16.6. The quantitative estimate of drug-likeness (QED) is 0.772. The van der Waals surface area contributed by atoms with E-state index >= 15 is 0 Å². The van der Waals surface area contributed by atoms with Crippen molar-refractivity contribution in [3.63, 3.8) is 0 Å². The Morgan fingerprint density at radius 1 is 1.35 bits per heavy atom. The summed E-state index contributed by atoms with van der Waals surface area (Å²) in [6, 6.07) is 4.58. The van der Waals surface area contributed by atoms with Crippen molar-refractivity contribution in [2.45, 2.75) is 38.9 Å². The van der Waals surface area contributed by atoms with Crippen molar-refractivity contribution >= 4 is 18.3 Å². The maximum absolute atomic E-state index is 12.1. The van der Waals surface area contributed by atoms with Crippen molar-refractivity contribution in [2.24, 2.45) is 0 Å². The zero-order valence-corrected chi connectivity index (χ0v) is 15.1. The molecule has 0 aromatic heterocycles. The first-order valence-electron chi connectivity index (χ1n) is 8.26. The normalized spacial score (nSPS) is 16.9. The van der Waals surface area contributed by atoms with Gasteiger partial charge in [0.15, 0.2) is 12.9 Å². The summed E-state index contributed by atoms with van der Waals surface area (Å²) in [6.07, 6.45) is 0.614. The zero-order valence-electron chi connectivity index (χ0n) is 15.1. The van der Waals surface area contributed by atoms with Crippen LogP contribution in [0, 0.1) is 0 Å². The Morgan fingerprint density at radius 2 is 2.08 bits per heavy atom. The molecule has 0 aliphatic carbocycles. The SMILES string of the molecule is CC(C)(C)OC(=O)N1CC[C@H](Oc2ccc(C=O)c(OCC(=O)O)c2)C1. The summed E-state index contributed by atoms with van der Waals surface area (Å²) in [6.45, 7) is 5.77. The van der Waals surface area contributed by atoms with Crippen molar-refractivity contribution < 1.29 is 33.7 Å². The molecule has 1 atom stereocenters. The molecule has 0 saturated carbocycles. The minimum absolute atomic E-state index is 0.141. The number of benzene rings is 1. The van der Waals surface area contributed by atoms with E-state index in [2.05, 4.69) is 0 Å². The molecule has 1 aromatic carbocycles. The van der Waals surface area contributed by atoms with Crippen LogP contribution < -0.4 is 9.47 Å². The Labute approximate surface area is 151 Å². The zero-order chi connectivity index (χ0) is 19.3. The summed E-state index contributed by atoms with van der Waals surface area (Å²) in [5.74, 6) is -0.564. The van der Waals surface area contributed by atoms with E-state index in [4.69, 9.17) is 19.3 Å². The van der Waals surface area contributed by atoms with Crippen LogP contribution in [0.3, 0.4) is 0 Å². The van der Waals surface area contributed by atoms with Gasteiger partial charge in [-0.3, -0.25) is 4.79 Å². The first-order chi connectivity index (χ1) is 12.2. The molecule has 1 N–H and O–H groups in total. The van der Waals surface area contributed by atoms with Gasteiger partial charge in [0.2, 0.25) is 0 Å².